The fraction of sp³-hybridized carbons (Fsp3) is 0.391. The van der Waals surface area contributed by atoms with Crippen LogP contribution < -0.4 is 20.1 Å². The number of benzene rings is 2. The van der Waals surface area contributed by atoms with Gasteiger partial charge in [-0.15, -0.1) is 0 Å². The summed E-state index contributed by atoms with van der Waals surface area (Å²) in [6.07, 6.45) is 5.23. The number of carbonyl (C=O) groups is 2. The van der Waals surface area contributed by atoms with Gasteiger partial charge in [0.25, 0.3) is 0 Å². The highest BCUT2D eigenvalue weighted by Crippen LogP contribution is 2.38. The molecule has 1 saturated carbocycles. The van der Waals surface area contributed by atoms with Gasteiger partial charge < -0.3 is 20.1 Å². The van der Waals surface area contributed by atoms with E-state index in [0.717, 1.165) is 35.6 Å². The molecule has 0 spiro atoms. The van der Waals surface area contributed by atoms with Crippen LogP contribution in [0.25, 0.3) is 0 Å². The summed E-state index contributed by atoms with van der Waals surface area (Å²) in [5.74, 6) is 1.15. The van der Waals surface area contributed by atoms with Crippen molar-refractivity contribution in [2.45, 2.75) is 44.1 Å². The van der Waals surface area contributed by atoms with Crippen molar-refractivity contribution in [3.8, 4) is 11.5 Å². The number of nitrogens with zero attached hydrogens (tertiary/aromatic N) is 1. The first-order valence-corrected chi connectivity index (χ1v) is 10.1. The van der Waals surface area contributed by atoms with E-state index in [1.54, 1.807) is 36.3 Å². The minimum Gasteiger partial charge on any atom is -0.493 e. The molecule has 1 atom stereocenters. The SMILES string of the molecule is COc1ccc([C@@H]2CC(=O)N(c3ccc(C(N)=O)cc3)C2)cc1OC1CCCC1. The number of primary amides is 1. The van der Waals surface area contributed by atoms with Gasteiger partial charge in [0.15, 0.2) is 11.5 Å². The Morgan fingerprint density at radius 2 is 1.79 bits per heavy atom. The number of nitrogens with two attached hydrogens (primary N) is 1. The zero-order chi connectivity index (χ0) is 20.4. The van der Waals surface area contributed by atoms with Crippen molar-refractivity contribution in [3.05, 3.63) is 53.6 Å². The largest absolute Gasteiger partial charge is 0.493 e. The molecule has 2 fully saturated rings. The molecule has 2 N–H and O–H groups in total. The van der Waals surface area contributed by atoms with Crippen LogP contribution in [-0.2, 0) is 4.79 Å². The summed E-state index contributed by atoms with van der Waals surface area (Å²) >= 11 is 0. The monoisotopic (exact) mass is 394 g/mol. The smallest absolute Gasteiger partial charge is 0.248 e. The van der Waals surface area contributed by atoms with E-state index in [9.17, 15) is 9.59 Å². The molecule has 1 heterocycles. The summed E-state index contributed by atoms with van der Waals surface area (Å²) in [5.41, 5.74) is 7.58. The lowest BCUT2D eigenvalue weighted by Crippen LogP contribution is -2.24. The maximum atomic E-state index is 12.6. The molecular formula is C23H26N2O4. The Hall–Kier alpha value is -3.02. The van der Waals surface area contributed by atoms with Gasteiger partial charge in [0, 0.05) is 30.1 Å². The number of hydrogen-bond donors (Lipinski definition) is 1. The van der Waals surface area contributed by atoms with Crippen LogP contribution in [0.5, 0.6) is 11.5 Å². The van der Waals surface area contributed by atoms with E-state index in [1.165, 1.54) is 12.8 Å². The van der Waals surface area contributed by atoms with Crippen LogP contribution in [0.2, 0.25) is 0 Å². The Kier molecular flexibility index (Phi) is 5.43. The summed E-state index contributed by atoms with van der Waals surface area (Å²) in [7, 11) is 1.65. The molecule has 2 aliphatic rings. The van der Waals surface area contributed by atoms with Crippen molar-refractivity contribution in [2.24, 2.45) is 5.73 Å². The van der Waals surface area contributed by atoms with Gasteiger partial charge in [-0.2, -0.15) is 0 Å². The van der Waals surface area contributed by atoms with Gasteiger partial charge in [0.1, 0.15) is 0 Å². The van der Waals surface area contributed by atoms with Crippen LogP contribution in [-0.4, -0.2) is 31.6 Å². The lowest BCUT2D eigenvalue weighted by Gasteiger charge is -2.19. The normalized spacial score (nSPS) is 19.6. The Balaban J connectivity index is 1.52. The molecule has 1 saturated heterocycles. The number of amides is 2. The van der Waals surface area contributed by atoms with Gasteiger partial charge >= 0.3 is 0 Å². The van der Waals surface area contributed by atoms with Crippen LogP contribution in [0.4, 0.5) is 5.69 Å². The summed E-state index contributed by atoms with van der Waals surface area (Å²) in [6.45, 7) is 0.587. The number of ether oxygens (including phenoxy) is 2. The molecule has 29 heavy (non-hydrogen) atoms. The topological polar surface area (TPSA) is 81.9 Å². The Morgan fingerprint density at radius 3 is 2.45 bits per heavy atom. The maximum Gasteiger partial charge on any atom is 0.248 e. The molecule has 2 aromatic rings. The number of hydrogen-bond acceptors (Lipinski definition) is 4. The molecule has 0 bridgehead atoms. The van der Waals surface area contributed by atoms with Crippen LogP contribution >= 0.6 is 0 Å². The van der Waals surface area contributed by atoms with Crippen molar-refractivity contribution >= 4 is 17.5 Å². The van der Waals surface area contributed by atoms with Crippen molar-refractivity contribution in [3.63, 3.8) is 0 Å². The van der Waals surface area contributed by atoms with Crippen molar-refractivity contribution in [1.29, 1.82) is 0 Å². The van der Waals surface area contributed by atoms with E-state index >= 15 is 0 Å². The third kappa shape index (κ3) is 4.06. The molecule has 1 aliphatic carbocycles. The second-order valence-corrected chi connectivity index (χ2v) is 7.75. The average molecular weight is 394 g/mol. The zero-order valence-corrected chi connectivity index (χ0v) is 16.6. The molecule has 6 nitrogen and oxygen atoms in total. The fourth-order valence-electron chi connectivity index (χ4n) is 4.21. The van der Waals surface area contributed by atoms with Gasteiger partial charge in [0.2, 0.25) is 11.8 Å². The minimum atomic E-state index is -0.477. The van der Waals surface area contributed by atoms with Crippen molar-refractivity contribution in [1.82, 2.24) is 0 Å². The first-order chi connectivity index (χ1) is 14.0. The summed E-state index contributed by atoms with van der Waals surface area (Å²) in [5, 5.41) is 0. The highest BCUT2D eigenvalue weighted by Gasteiger charge is 2.32. The predicted molar refractivity (Wildman–Crippen MR) is 111 cm³/mol. The second-order valence-electron chi connectivity index (χ2n) is 7.75. The first-order valence-electron chi connectivity index (χ1n) is 10.1. The molecule has 1 aliphatic heterocycles. The Morgan fingerprint density at radius 1 is 1.07 bits per heavy atom. The lowest BCUT2D eigenvalue weighted by molar-refractivity contribution is -0.117. The van der Waals surface area contributed by atoms with Gasteiger partial charge in [-0.25, -0.2) is 0 Å². The van der Waals surface area contributed by atoms with Crippen LogP contribution in [0.1, 0.15) is 53.9 Å². The molecule has 0 radical (unpaired) electrons. The number of methoxy groups -OCH3 is 1. The highest BCUT2D eigenvalue weighted by molar-refractivity contribution is 5.98. The minimum absolute atomic E-state index is 0.0657. The molecule has 2 aromatic carbocycles. The van der Waals surface area contributed by atoms with Gasteiger partial charge in [-0.05, 0) is 67.6 Å². The number of rotatable bonds is 6. The van der Waals surface area contributed by atoms with Crippen molar-refractivity contribution in [2.75, 3.05) is 18.6 Å². The van der Waals surface area contributed by atoms with Crippen molar-refractivity contribution < 1.29 is 19.1 Å². The molecule has 6 heteroatoms. The van der Waals surface area contributed by atoms with Gasteiger partial charge in [-0.1, -0.05) is 6.07 Å². The predicted octanol–water partition coefficient (Wildman–Crippen LogP) is 3.64. The fourth-order valence-corrected chi connectivity index (χ4v) is 4.21. The van der Waals surface area contributed by atoms with E-state index in [0.29, 0.717) is 18.5 Å². The van der Waals surface area contributed by atoms with E-state index < -0.39 is 5.91 Å². The first kappa shape index (κ1) is 19.3. The Bertz CT molecular complexity index is 904. The van der Waals surface area contributed by atoms with E-state index in [-0.39, 0.29) is 17.9 Å². The van der Waals surface area contributed by atoms with Crippen LogP contribution in [0.3, 0.4) is 0 Å². The van der Waals surface area contributed by atoms with E-state index in [2.05, 4.69) is 0 Å². The molecule has 152 valence electrons. The van der Waals surface area contributed by atoms with Gasteiger partial charge in [0.05, 0.1) is 13.2 Å². The summed E-state index contributed by atoms with van der Waals surface area (Å²) in [6, 6.07) is 12.8. The van der Waals surface area contributed by atoms with Crippen LogP contribution in [0.15, 0.2) is 42.5 Å². The molecular weight excluding hydrogens is 368 g/mol. The van der Waals surface area contributed by atoms with E-state index in [4.69, 9.17) is 15.2 Å². The Labute approximate surface area is 170 Å². The van der Waals surface area contributed by atoms with E-state index in [1.807, 2.05) is 18.2 Å². The third-order valence-corrected chi connectivity index (χ3v) is 5.84. The summed E-state index contributed by atoms with van der Waals surface area (Å²) < 4.78 is 11.7. The number of carbonyl (C=O) groups excluding carboxylic acids is 2. The molecule has 4 rings (SSSR count). The highest BCUT2D eigenvalue weighted by atomic mass is 16.5. The lowest BCUT2D eigenvalue weighted by atomic mass is 9.98. The average Bonchev–Trinajstić information content (AvgIpc) is 3.37. The van der Waals surface area contributed by atoms with Crippen LogP contribution in [0, 0.1) is 0 Å². The van der Waals surface area contributed by atoms with Gasteiger partial charge in [-0.3, -0.25) is 9.59 Å². The second kappa shape index (κ2) is 8.15. The quantitative estimate of drug-likeness (QED) is 0.811. The molecule has 0 unspecified atom stereocenters. The maximum absolute atomic E-state index is 12.6. The molecule has 2 amide bonds. The zero-order valence-electron chi connectivity index (χ0n) is 16.6. The third-order valence-electron chi connectivity index (χ3n) is 5.84. The summed E-state index contributed by atoms with van der Waals surface area (Å²) in [4.78, 5) is 25.7. The standard InChI is InChI=1S/C23H26N2O4/c1-28-20-11-8-16(12-21(20)29-19-4-2-3-5-19)17-13-22(26)25(14-17)18-9-6-15(7-10-18)23(24)27/h6-12,17,19H,2-5,13-14H2,1H3,(H2,24,27)/t17-/m1/s1. The number of anilines is 1. The molecule has 0 aromatic heterocycles.